The summed E-state index contributed by atoms with van der Waals surface area (Å²) in [7, 11) is 0. The van der Waals surface area contributed by atoms with Gasteiger partial charge in [0.2, 0.25) is 0 Å². The average molecular weight is 425 g/mol. The third-order valence-electron chi connectivity index (χ3n) is 1.34. The van der Waals surface area contributed by atoms with Gasteiger partial charge in [0.05, 0.1) is 0 Å². The van der Waals surface area contributed by atoms with Gasteiger partial charge in [0.15, 0.2) is 0 Å². The third-order valence-corrected chi connectivity index (χ3v) is 5.17. The molecular weight excluding hydrogens is 416 g/mol. The van der Waals surface area contributed by atoms with E-state index in [1.165, 1.54) is 0 Å². The van der Waals surface area contributed by atoms with Crippen LogP contribution in [-0.4, -0.2) is 16.4 Å². The maximum absolute atomic E-state index is 10.4. The number of hydrogen-bond donors (Lipinski definition) is 2. The van der Waals surface area contributed by atoms with Crippen LogP contribution < -0.4 is 54.4 Å². The first-order chi connectivity index (χ1) is 6.52. The number of hydrogen-bond acceptors (Lipinski definition) is 3. The fraction of sp³-hybridized carbons (Fsp3) is 0.125. The molecule has 74 valence electrons. The van der Waals surface area contributed by atoms with E-state index in [9.17, 15) is 5.66 Å². The molecule has 0 aliphatic carbocycles. The van der Waals surface area contributed by atoms with Crippen molar-refractivity contribution in [3.8, 4) is 0 Å². The van der Waals surface area contributed by atoms with E-state index >= 15 is 0 Å². The zero-order valence-electron chi connectivity index (χ0n) is 8.42. The molecule has 1 aromatic carbocycles. The zero-order chi connectivity index (χ0) is 11.0. The van der Waals surface area contributed by atoms with E-state index in [2.05, 4.69) is 0 Å². The number of benzene rings is 1. The average Bonchev–Trinajstić information content (AvgIpc) is 2.03. The quantitative estimate of drug-likeness (QED) is 0.518. The van der Waals surface area contributed by atoms with Crippen LogP contribution in [0.15, 0.2) is 30.3 Å². The van der Waals surface area contributed by atoms with Crippen LogP contribution in [0.1, 0.15) is 5.56 Å². The molecule has 0 radical (unpaired) electrons. The summed E-state index contributed by atoms with van der Waals surface area (Å²) in [5.41, 5.74) is 0.920. The van der Waals surface area contributed by atoms with Crippen LogP contribution in [0.25, 0.3) is 0 Å². The van der Waals surface area contributed by atoms with Crippen molar-refractivity contribution in [3.05, 3.63) is 35.9 Å². The van der Waals surface area contributed by atoms with Crippen molar-refractivity contribution in [2.24, 2.45) is 0 Å². The van der Waals surface area contributed by atoms with Gasteiger partial charge in [-0.3, -0.25) is 0 Å². The topological polar surface area (TPSA) is 97.7 Å². The fourth-order valence-corrected chi connectivity index (χ4v) is 4.01. The second-order valence-electron chi connectivity index (χ2n) is 2.54. The van der Waals surface area contributed by atoms with Crippen LogP contribution in [0.2, 0.25) is 0 Å². The SMILES string of the molecule is O=C(O)O.[K+].[O]=[Hg]([O-])[CH2]c1ccccc1. The predicted molar refractivity (Wildman–Crippen MR) is 41.5 cm³/mol. The van der Waals surface area contributed by atoms with Crippen LogP contribution in [0.4, 0.5) is 4.79 Å². The summed E-state index contributed by atoms with van der Waals surface area (Å²) >= 11 is -3.67. The van der Waals surface area contributed by atoms with E-state index in [0.29, 0.717) is 3.93 Å². The van der Waals surface area contributed by atoms with Crippen LogP contribution in [0.3, 0.4) is 0 Å². The van der Waals surface area contributed by atoms with Crippen molar-refractivity contribution in [3.63, 3.8) is 0 Å². The van der Waals surface area contributed by atoms with Crippen molar-refractivity contribution in [2.45, 2.75) is 3.93 Å². The van der Waals surface area contributed by atoms with Crippen molar-refractivity contribution in [1.29, 1.82) is 0 Å². The molecule has 0 amide bonds. The van der Waals surface area contributed by atoms with Gasteiger partial charge in [-0.25, -0.2) is 4.79 Å². The van der Waals surface area contributed by atoms with E-state index in [1.54, 1.807) is 0 Å². The van der Waals surface area contributed by atoms with Crippen molar-refractivity contribution in [1.82, 2.24) is 0 Å². The number of carboxylic acid groups (broad SMARTS) is 2. The van der Waals surface area contributed by atoms with Gasteiger partial charge in [0.25, 0.3) is 0 Å². The Hall–Kier alpha value is 0.821. The molecular formula is C8H9HgKO5. The van der Waals surface area contributed by atoms with Gasteiger partial charge in [-0.15, -0.1) is 0 Å². The second-order valence-corrected chi connectivity index (χ2v) is 8.58. The summed E-state index contributed by atoms with van der Waals surface area (Å²) in [4.78, 5) is 8.56. The minimum atomic E-state index is -3.67. The molecule has 1 aromatic rings. The second kappa shape index (κ2) is 11.3. The molecule has 0 atom stereocenters. The van der Waals surface area contributed by atoms with Crippen molar-refractivity contribution in [2.75, 3.05) is 0 Å². The Kier molecular flexibility index (Phi) is 13.7. The van der Waals surface area contributed by atoms with Crippen LogP contribution in [0.5, 0.6) is 0 Å². The molecule has 0 heterocycles. The van der Waals surface area contributed by atoms with Gasteiger partial charge < -0.3 is 10.2 Å². The standard InChI is InChI=1S/C7H7.CH2O3.Hg.K.2O/c1-7-5-3-2-4-6-7;2-1(3)4;;;;/h2-6H,1H2;(H2,2,3,4);;;;/q;;;+1;;-1. The number of rotatable bonds is 2. The maximum atomic E-state index is 10.4. The molecule has 0 bridgehead atoms. The minimum absolute atomic E-state index is 0. The van der Waals surface area contributed by atoms with Gasteiger partial charge >= 0.3 is 127 Å². The Balaban J connectivity index is 0. The molecule has 0 saturated carbocycles. The molecule has 0 saturated heterocycles. The van der Waals surface area contributed by atoms with E-state index in [0.717, 1.165) is 5.56 Å². The Morgan fingerprint density at radius 2 is 1.67 bits per heavy atom. The molecule has 15 heavy (non-hydrogen) atoms. The van der Waals surface area contributed by atoms with Crippen LogP contribution in [-0.2, 0) is 30.1 Å². The summed E-state index contributed by atoms with van der Waals surface area (Å²) in [5.74, 6) is 0. The summed E-state index contributed by atoms with van der Waals surface area (Å²) in [6.07, 6.45) is -1.83. The molecule has 0 fully saturated rings. The van der Waals surface area contributed by atoms with Gasteiger partial charge in [0.1, 0.15) is 0 Å². The normalized spacial score (nSPS) is 7.20. The summed E-state index contributed by atoms with van der Waals surface area (Å²) in [6.45, 7) is 0. The first-order valence-corrected chi connectivity index (χ1v) is 12.4. The van der Waals surface area contributed by atoms with Crippen molar-refractivity contribution < 1.29 is 95.5 Å². The van der Waals surface area contributed by atoms with Crippen LogP contribution in [0, 0.1) is 0 Å². The molecule has 5 nitrogen and oxygen atoms in total. The summed E-state index contributed by atoms with van der Waals surface area (Å²) < 4.78 is 21.1. The fourth-order valence-electron chi connectivity index (χ4n) is 0.880. The van der Waals surface area contributed by atoms with E-state index < -0.39 is 29.7 Å². The van der Waals surface area contributed by atoms with E-state index in [1.807, 2.05) is 30.3 Å². The molecule has 0 aromatic heterocycles. The Bertz CT molecular complexity index is 299. The molecule has 0 unspecified atom stereocenters. The summed E-state index contributed by atoms with van der Waals surface area (Å²) in [6, 6.07) is 9.27. The molecule has 0 spiro atoms. The van der Waals surface area contributed by atoms with Gasteiger partial charge in [0, 0.05) is 0 Å². The van der Waals surface area contributed by atoms with Gasteiger partial charge in [-0.05, 0) is 0 Å². The predicted octanol–water partition coefficient (Wildman–Crippen LogP) is -2.35. The molecule has 1 rings (SSSR count). The van der Waals surface area contributed by atoms with Gasteiger partial charge in [-0.2, -0.15) is 0 Å². The summed E-state index contributed by atoms with van der Waals surface area (Å²) in [5, 5.41) is 13.9. The Morgan fingerprint density at radius 1 is 1.27 bits per heavy atom. The Labute approximate surface area is 139 Å². The third kappa shape index (κ3) is 14.8. The molecule has 7 heteroatoms. The van der Waals surface area contributed by atoms with E-state index in [-0.39, 0.29) is 51.4 Å². The first-order valence-electron chi connectivity index (χ1n) is 3.99. The zero-order valence-corrected chi connectivity index (χ0v) is 17.0. The van der Waals surface area contributed by atoms with E-state index in [4.69, 9.17) is 15.0 Å². The molecule has 2 N–H and O–H groups in total. The van der Waals surface area contributed by atoms with Crippen LogP contribution >= 0.6 is 0 Å². The molecule has 0 aliphatic rings. The Morgan fingerprint density at radius 3 is 2.00 bits per heavy atom. The monoisotopic (exact) mass is 426 g/mol. The van der Waals surface area contributed by atoms with Gasteiger partial charge in [-0.1, -0.05) is 0 Å². The molecule has 0 aliphatic heterocycles. The number of carbonyl (C=O) groups is 1. The first kappa shape index (κ1) is 18.2. The van der Waals surface area contributed by atoms with Crippen molar-refractivity contribution >= 4 is 6.16 Å².